The number of rotatable bonds is 7. The van der Waals surface area contributed by atoms with Gasteiger partial charge in [0.1, 0.15) is 0 Å². The lowest BCUT2D eigenvalue weighted by molar-refractivity contribution is 0.180. The minimum absolute atomic E-state index is 0.0358. The summed E-state index contributed by atoms with van der Waals surface area (Å²) in [6.45, 7) is 2.57. The molecule has 0 spiro atoms. The third kappa shape index (κ3) is 5.14. The van der Waals surface area contributed by atoms with Crippen molar-refractivity contribution in [1.82, 2.24) is 4.72 Å². The molecule has 0 saturated heterocycles. The number of nitrogens with two attached hydrogens (primary N) is 1. The maximum Gasteiger partial charge on any atom is 0.216 e. The topological polar surface area (TPSA) is 81.4 Å². The van der Waals surface area contributed by atoms with Crippen LogP contribution in [0.1, 0.15) is 18.1 Å². The lowest BCUT2D eigenvalue weighted by Crippen LogP contribution is -2.36. The molecule has 18 heavy (non-hydrogen) atoms. The van der Waals surface area contributed by atoms with E-state index in [4.69, 9.17) is 10.5 Å². The molecule has 0 bridgehead atoms. The molecule has 0 aliphatic heterocycles. The SMILES string of the molecule is COCC(C)NS(=O)(=O)Cc1ccc(CN)cc1. The van der Waals surface area contributed by atoms with Gasteiger partial charge in [0.25, 0.3) is 0 Å². The molecule has 1 atom stereocenters. The Kier molecular flexibility index (Phi) is 5.74. The van der Waals surface area contributed by atoms with E-state index in [1.807, 2.05) is 12.1 Å². The molecular formula is C12H20N2O3S. The van der Waals surface area contributed by atoms with Crippen LogP contribution in [-0.2, 0) is 27.1 Å². The van der Waals surface area contributed by atoms with Crippen LogP contribution in [0.5, 0.6) is 0 Å². The molecule has 0 aromatic heterocycles. The van der Waals surface area contributed by atoms with Crippen LogP contribution in [0.2, 0.25) is 0 Å². The molecule has 102 valence electrons. The standard InChI is InChI=1S/C12H20N2O3S/c1-10(8-17-2)14-18(15,16)9-12-5-3-11(7-13)4-6-12/h3-6,10,14H,7-9,13H2,1-2H3. The molecule has 1 aromatic rings. The van der Waals surface area contributed by atoms with Gasteiger partial charge in [0.2, 0.25) is 10.0 Å². The minimum Gasteiger partial charge on any atom is -0.383 e. The lowest BCUT2D eigenvalue weighted by atomic mass is 10.1. The Labute approximate surface area is 108 Å². The first-order valence-corrected chi connectivity index (χ1v) is 7.39. The number of benzene rings is 1. The first-order valence-electron chi connectivity index (χ1n) is 5.73. The van der Waals surface area contributed by atoms with Crippen molar-refractivity contribution in [2.75, 3.05) is 13.7 Å². The summed E-state index contributed by atoms with van der Waals surface area (Å²) in [6.07, 6.45) is 0. The van der Waals surface area contributed by atoms with Crippen molar-refractivity contribution in [3.05, 3.63) is 35.4 Å². The van der Waals surface area contributed by atoms with Gasteiger partial charge in [0.15, 0.2) is 0 Å². The molecule has 0 aliphatic carbocycles. The highest BCUT2D eigenvalue weighted by Gasteiger charge is 2.15. The Morgan fingerprint density at radius 1 is 1.28 bits per heavy atom. The van der Waals surface area contributed by atoms with Gasteiger partial charge in [0, 0.05) is 19.7 Å². The van der Waals surface area contributed by atoms with Gasteiger partial charge >= 0.3 is 0 Å². The Bertz CT molecular complexity index is 457. The Balaban J connectivity index is 2.64. The van der Waals surface area contributed by atoms with Gasteiger partial charge in [-0.1, -0.05) is 24.3 Å². The lowest BCUT2D eigenvalue weighted by Gasteiger charge is -2.13. The molecule has 0 amide bonds. The number of hydrogen-bond acceptors (Lipinski definition) is 4. The normalized spacial score (nSPS) is 13.5. The van der Waals surface area contributed by atoms with Gasteiger partial charge in [-0.3, -0.25) is 0 Å². The van der Waals surface area contributed by atoms with Crippen molar-refractivity contribution in [3.8, 4) is 0 Å². The van der Waals surface area contributed by atoms with Gasteiger partial charge in [-0.05, 0) is 18.1 Å². The van der Waals surface area contributed by atoms with E-state index < -0.39 is 10.0 Å². The molecule has 0 aliphatic rings. The van der Waals surface area contributed by atoms with Gasteiger partial charge in [0.05, 0.1) is 12.4 Å². The van der Waals surface area contributed by atoms with E-state index in [9.17, 15) is 8.42 Å². The van der Waals surface area contributed by atoms with E-state index in [1.165, 1.54) is 7.11 Å². The van der Waals surface area contributed by atoms with Crippen molar-refractivity contribution >= 4 is 10.0 Å². The minimum atomic E-state index is -3.34. The highest BCUT2D eigenvalue weighted by Crippen LogP contribution is 2.08. The maximum atomic E-state index is 11.8. The summed E-state index contributed by atoms with van der Waals surface area (Å²) >= 11 is 0. The molecule has 1 unspecified atom stereocenters. The number of hydrogen-bond donors (Lipinski definition) is 2. The zero-order valence-electron chi connectivity index (χ0n) is 10.7. The second kappa shape index (κ2) is 6.84. The Hall–Kier alpha value is -0.950. The molecule has 1 rings (SSSR count). The summed E-state index contributed by atoms with van der Waals surface area (Å²) in [5.74, 6) is -0.0358. The van der Waals surface area contributed by atoms with E-state index in [2.05, 4.69) is 4.72 Å². The summed E-state index contributed by atoms with van der Waals surface area (Å²) < 4.78 is 31.1. The average molecular weight is 272 g/mol. The Morgan fingerprint density at radius 3 is 2.33 bits per heavy atom. The zero-order valence-corrected chi connectivity index (χ0v) is 11.5. The van der Waals surface area contributed by atoms with E-state index in [0.29, 0.717) is 13.2 Å². The van der Waals surface area contributed by atoms with Crippen molar-refractivity contribution in [1.29, 1.82) is 0 Å². The third-order valence-electron chi connectivity index (χ3n) is 2.41. The Morgan fingerprint density at radius 2 is 1.83 bits per heavy atom. The quantitative estimate of drug-likeness (QED) is 0.761. The van der Waals surface area contributed by atoms with Crippen LogP contribution in [0.15, 0.2) is 24.3 Å². The predicted octanol–water partition coefficient (Wildman–Crippen LogP) is 0.600. The highest BCUT2D eigenvalue weighted by atomic mass is 32.2. The van der Waals surface area contributed by atoms with Gasteiger partial charge < -0.3 is 10.5 Å². The van der Waals surface area contributed by atoms with E-state index in [-0.39, 0.29) is 11.8 Å². The van der Waals surface area contributed by atoms with Crippen molar-refractivity contribution < 1.29 is 13.2 Å². The molecular weight excluding hydrogens is 252 g/mol. The monoisotopic (exact) mass is 272 g/mol. The highest BCUT2D eigenvalue weighted by molar-refractivity contribution is 7.88. The van der Waals surface area contributed by atoms with Crippen molar-refractivity contribution in [2.24, 2.45) is 5.73 Å². The summed E-state index contributed by atoms with van der Waals surface area (Å²) in [7, 11) is -1.80. The van der Waals surface area contributed by atoms with E-state index in [1.54, 1.807) is 19.1 Å². The van der Waals surface area contributed by atoms with Crippen LogP contribution in [0.3, 0.4) is 0 Å². The molecule has 0 saturated carbocycles. The largest absolute Gasteiger partial charge is 0.383 e. The second-order valence-electron chi connectivity index (χ2n) is 4.25. The fourth-order valence-electron chi connectivity index (χ4n) is 1.62. The van der Waals surface area contributed by atoms with Crippen LogP contribution in [0, 0.1) is 0 Å². The number of nitrogens with one attached hydrogen (secondary N) is 1. The molecule has 0 heterocycles. The first-order chi connectivity index (χ1) is 8.46. The van der Waals surface area contributed by atoms with Gasteiger partial charge in [-0.25, -0.2) is 13.1 Å². The van der Waals surface area contributed by atoms with Crippen LogP contribution in [0.4, 0.5) is 0 Å². The molecule has 6 heteroatoms. The smallest absolute Gasteiger partial charge is 0.216 e. The fraction of sp³-hybridized carbons (Fsp3) is 0.500. The summed E-state index contributed by atoms with van der Waals surface area (Å²) in [5.41, 5.74) is 7.21. The van der Waals surface area contributed by atoms with Crippen LogP contribution < -0.4 is 10.5 Å². The van der Waals surface area contributed by atoms with Crippen LogP contribution in [-0.4, -0.2) is 28.2 Å². The van der Waals surface area contributed by atoms with E-state index >= 15 is 0 Å². The molecule has 1 aromatic carbocycles. The van der Waals surface area contributed by atoms with Gasteiger partial charge in [-0.2, -0.15) is 0 Å². The summed E-state index contributed by atoms with van der Waals surface area (Å²) in [6, 6.07) is 7.00. The number of sulfonamides is 1. The average Bonchev–Trinajstić information content (AvgIpc) is 2.29. The first kappa shape index (κ1) is 15.1. The van der Waals surface area contributed by atoms with Crippen molar-refractivity contribution in [3.63, 3.8) is 0 Å². The predicted molar refractivity (Wildman–Crippen MR) is 71.4 cm³/mol. The van der Waals surface area contributed by atoms with Crippen LogP contribution >= 0.6 is 0 Å². The fourth-order valence-corrected chi connectivity index (χ4v) is 3.02. The van der Waals surface area contributed by atoms with Crippen molar-refractivity contribution in [2.45, 2.75) is 25.3 Å². The summed E-state index contributed by atoms with van der Waals surface area (Å²) in [4.78, 5) is 0. The molecule has 5 nitrogen and oxygen atoms in total. The number of ether oxygens (including phenoxy) is 1. The van der Waals surface area contributed by atoms with E-state index in [0.717, 1.165) is 11.1 Å². The molecule has 0 radical (unpaired) electrons. The number of methoxy groups -OCH3 is 1. The van der Waals surface area contributed by atoms with Gasteiger partial charge in [-0.15, -0.1) is 0 Å². The zero-order chi connectivity index (χ0) is 13.6. The molecule has 3 N–H and O–H groups in total. The maximum absolute atomic E-state index is 11.8. The third-order valence-corrected chi connectivity index (χ3v) is 3.89. The summed E-state index contributed by atoms with van der Waals surface area (Å²) in [5, 5.41) is 0. The molecule has 0 fully saturated rings. The second-order valence-corrected chi connectivity index (χ2v) is 6.01. The van der Waals surface area contributed by atoms with Crippen LogP contribution in [0.25, 0.3) is 0 Å².